The van der Waals surface area contributed by atoms with Gasteiger partial charge in [0.2, 0.25) is 10.0 Å². The smallest absolute Gasteiger partial charge is 0.336 e. The maximum absolute atomic E-state index is 12.3. The van der Waals surface area contributed by atoms with Gasteiger partial charge in [-0.1, -0.05) is 48.0 Å². The van der Waals surface area contributed by atoms with Crippen molar-refractivity contribution < 1.29 is 27.5 Å². The molecule has 3 aromatic rings. The lowest BCUT2D eigenvalue weighted by atomic mass is 10.2. The van der Waals surface area contributed by atoms with Crippen molar-refractivity contribution in [2.24, 2.45) is 5.10 Å². The molecule has 0 aliphatic rings. The molecule has 186 valence electrons. The van der Waals surface area contributed by atoms with Crippen LogP contribution in [0.2, 0.25) is 0 Å². The van der Waals surface area contributed by atoms with E-state index >= 15 is 0 Å². The molecule has 0 saturated carbocycles. The lowest BCUT2D eigenvalue weighted by Crippen LogP contribution is -2.34. The maximum Gasteiger partial charge on any atom is 0.336 e. The Bertz CT molecular complexity index is 1370. The predicted molar refractivity (Wildman–Crippen MR) is 136 cm³/mol. The summed E-state index contributed by atoms with van der Waals surface area (Å²) in [5, 5.41) is 3.82. The fraction of sp³-hybridized carbons (Fsp3) is 0.115. The van der Waals surface area contributed by atoms with Gasteiger partial charge in [-0.3, -0.25) is 4.79 Å². The molecule has 3 rings (SSSR count). The van der Waals surface area contributed by atoms with Crippen molar-refractivity contribution in [1.29, 1.82) is 0 Å². The summed E-state index contributed by atoms with van der Waals surface area (Å²) < 4.78 is 37.3. The monoisotopic (exact) mass is 507 g/mol. The summed E-state index contributed by atoms with van der Waals surface area (Å²) in [6, 6.07) is 20.3. The van der Waals surface area contributed by atoms with Gasteiger partial charge in [0, 0.05) is 6.08 Å². The Kier molecular flexibility index (Phi) is 9.09. The molecule has 36 heavy (non-hydrogen) atoms. The van der Waals surface area contributed by atoms with Crippen LogP contribution in [0.3, 0.4) is 0 Å². The normalized spacial score (nSPS) is 11.5. The Morgan fingerprint density at radius 2 is 1.67 bits per heavy atom. The number of carbonyl (C=O) groups is 2. The molecule has 0 aromatic heterocycles. The van der Waals surface area contributed by atoms with Crippen molar-refractivity contribution in [2.45, 2.75) is 11.8 Å². The topological polar surface area (TPSA) is 123 Å². The van der Waals surface area contributed by atoms with Crippen LogP contribution in [0.25, 0.3) is 6.08 Å². The van der Waals surface area contributed by atoms with Gasteiger partial charge in [0.25, 0.3) is 5.91 Å². The van der Waals surface area contributed by atoms with E-state index in [1.54, 1.807) is 30.3 Å². The molecule has 0 unspecified atom stereocenters. The first-order chi connectivity index (χ1) is 17.3. The predicted octanol–water partition coefficient (Wildman–Crippen LogP) is 3.05. The molecular formula is C26H25N3O6S. The highest BCUT2D eigenvalue weighted by molar-refractivity contribution is 7.89. The van der Waals surface area contributed by atoms with Gasteiger partial charge in [-0.2, -0.15) is 5.10 Å². The fourth-order valence-electron chi connectivity index (χ4n) is 2.90. The van der Waals surface area contributed by atoms with Gasteiger partial charge in [0.1, 0.15) is 0 Å². The minimum Gasteiger partial charge on any atom is -0.493 e. The van der Waals surface area contributed by atoms with Gasteiger partial charge in [0.05, 0.1) is 24.8 Å². The van der Waals surface area contributed by atoms with Crippen LogP contribution in [0.1, 0.15) is 16.7 Å². The number of hydrogen-bond acceptors (Lipinski definition) is 7. The van der Waals surface area contributed by atoms with Crippen molar-refractivity contribution in [3.8, 4) is 11.5 Å². The summed E-state index contributed by atoms with van der Waals surface area (Å²) >= 11 is 0. The van der Waals surface area contributed by atoms with Crippen molar-refractivity contribution in [2.75, 3.05) is 13.7 Å². The third kappa shape index (κ3) is 7.90. The molecule has 0 radical (unpaired) electrons. The number of methoxy groups -OCH3 is 1. The standard InChI is InChI=1S/C26H25N3O6S/c1-19-8-12-22(13-9-19)36(32,33)28-18-25(30)29-27-17-21-10-14-23(24(16-21)34-2)35-26(31)15-11-20-6-4-3-5-7-20/h3-17,28H,18H2,1-2H3,(H,29,30)/b15-11+,27-17-. The molecular weight excluding hydrogens is 482 g/mol. The first-order valence-corrected chi connectivity index (χ1v) is 12.3. The van der Waals surface area contributed by atoms with E-state index in [4.69, 9.17) is 9.47 Å². The van der Waals surface area contributed by atoms with E-state index in [1.165, 1.54) is 37.6 Å². The molecule has 10 heteroatoms. The van der Waals surface area contributed by atoms with Crippen molar-refractivity contribution >= 4 is 34.2 Å². The number of aryl methyl sites for hydroxylation is 1. The average Bonchev–Trinajstić information content (AvgIpc) is 2.88. The summed E-state index contributed by atoms with van der Waals surface area (Å²) in [6.07, 6.45) is 4.29. The first-order valence-electron chi connectivity index (χ1n) is 10.8. The number of sulfonamides is 1. The number of rotatable bonds is 10. The lowest BCUT2D eigenvalue weighted by molar-refractivity contribution is -0.129. The second-order valence-corrected chi connectivity index (χ2v) is 9.27. The molecule has 1 amide bonds. The highest BCUT2D eigenvalue weighted by atomic mass is 32.2. The highest BCUT2D eigenvalue weighted by Gasteiger charge is 2.15. The molecule has 0 spiro atoms. The summed E-state index contributed by atoms with van der Waals surface area (Å²) in [6.45, 7) is 1.36. The SMILES string of the molecule is COc1cc(/C=N\NC(=O)CNS(=O)(=O)c2ccc(C)cc2)ccc1OC(=O)/C=C/c1ccccc1. The second-order valence-electron chi connectivity index (χ2n) is 7.51. The Labute approximate surface area is 209 Å². The van der Waals surface area contributed by atoms with E-state index in [0.717, 1.165) is 11.1 Å². The van der Waals surface area contributed by atoms with Gasteiger partial charge in [-0.05, 0) is 54.5 Å². The highest BCUT2D eigenvalue weighted by Crippen LogP contribution is 2.27. The molecule has 0 bridgehead atoms. The van der Waals surface area contributed by atoms with Crippen LogP contribution in [0.15, 0.2) is 88.9 Å². The Morgan fingerprint density at radius 1 is 0.944 bits per heavy atom. The molecule has 0 aliphatic carbocycles. The van der Waals surface area contributed by atoms with Crippen molar-refractivity contribution in [1.82, 2.24) is 10.1 Å². The third-order valence-corrected chi connectivity index (χ3v) is 6.18. The molecule has 9 nitrogen and oxygen atoms in total. The van der Waals surface area contributed by atoms with E-state index in [-0.39, 0.29) is 16.4 Å². The summed E-state index contributed by atoms with van der Waals surface area (Å²) in [4.78, 5) is 24.2. The molecule has 0 atom stereocenters. The molecule has 3 aromatic carbocycles. The molecule has 0 fully saturated rings. The van der Waals surface area contributed by atoms with Crippen LogP contribution in [-0.2, 0) is 19.6 Å². The van der Waals surface area contributed by atoms with Crippen LogP contribution in [0.5, 0.6) is 11.5 Å². The summed E-state index contributed by atoms with van der Waals surface area (Å²) in [5.74, 6) is -0.715. The second kappa shape index (κ2) is 12.4. The minimum atomic E-state index is -3.82. The minimum absolute atomic E-state index is 0.0628. The Hall–Kier alpha value is -4.28. The summed E-state index contributed by atoms with van der Waals surface area (Å²) in [7, 11) is -2.39. The van der Waals surface area contributed by atoms with E-state index in [2.05, 4.69) is 15.2 Å². The van der Waals surface area contributed by atoms with Crippen molar-refractivity contribution in [3.63, 3.8) is 0 Å². The zero-order valence-electron chi connectivity index (χ0n) is 19.7. The van der Waals surface area contributed by atoms with Gasteiger partial charge in [-0.15, -0.1) is 0 Å². The lowest BCUT2D eigenvalue weighted by Gasteiger charge is -2.08. The molecule has 0 heterocycles. The molecule has 2 N–H and O–H groups in total. The van der Waals surface area contributed by atoms with E-state index in [0.29, 0.717) is 5.56 Å². The van der Waals surface area contributed by atoms with E-state index < -0.39 is 28.4 Å². The van der Waals surface area contributed by atoms with Crippen LogP contribution < -0.4 is 19.6 Å². The number of hydrazone groups is 1. The quantitative estimate of drug-likeness (QED) is 0.143. The fourth-order valence-corrected chi connectivity index (χ4v) is 3.88. The Balaban J connectivity index is 1.53. The van der Waals surface area contributed by atoms with Gasteiger partial charge in [-0.25, -0.2) is 23.4 Å². The zero-order chi connectivity index (χ0) is 26.0. The third-order valence-electron chi connectivity index (χ3n) is 4.77. The Morgan fingerprint density at radius 3 is 2.36 bits per heavy atom. The van der Waals surface area contributed by atoms with E-state index in [9.17, 15) is 18.0 Å². The number of nitrogens with zero attached hydrogens (tertiary/aromatic N) is 1. The molecule has 0 aliphatic heterocycles. The number of nitrogens with one attached hydrogen (secondary N) is 2. The number of esters is 1. The average molecular weight is 508 g/mol. The van der Waals surface area contributed by atoms with Gasteiger partial charge < -0.3 is 9.47 Å². The van der Waals surface area contributed by atoms with Crippen molar-refractivity contribution in [3.05, 3.63) is 95.6 Å². The van der Waals surface area contributed by atoms with Crippen LogP contribution >= 0.6 is 0 Å². The maximum atomic E-state index is 12.3. The van der Waals surface area contributed by atoms with Crippen LogP contribution in [-0.4, -0.2) is 40.2 Å². The van der Waals surface area contributed by atoms with Gasteiger partial charge >= 0.3 is 5.97 Å². The number of carbonyl (C=O) groups excluding carboxylic acids is 2. The van der Waals surface area contributed by atoms with E-state index in [1.807, 2.05) is 37.3 Å². The first kappa shape index (κ1) is 26.3. The zero-order valence-corrected chi connectivity index (χ0v) is 20.5. The number of amides is 1. The largest absolute Gasteiger partial charge is 0.493 e. The number of benzene rings is 3. The number of hydrogen-bond donors (Lipinski definition) is 2. The van der Waals surface area contributed by atoms with Gasteiger partial charge in [0.15, 0.2) is 11.5 Å². The van der Waals surface area contributed by atoms with Crippen LogP contribution in [0, 0.1) is 6.92 Å². The van der Waals surface area contributed by atoms with Crippen LogP contribution in [0.4, 0.5) is 0 Å². The summed E-state index contributed by atoms with van der Waals surface area (Å²) in [5.41, 5.74) is 4.58. The molecule has 0 saturated heterocycles. The number of ether oxygens (including phenoxy) is 2.